The van der Waals surface area contributed by atoms with Crippen LogP contribution in [0, 0.1) is 28.7 Å². The van der Waals surface area contributed by atoms with Gasteiger partial charge in [-0.2, -0.15) is 10.2 Å². The summed E-state index contributed by atoms with van der Waals surface area (Å²) >= 11 is 0. The average Bonchev–Trinajstić information content (AvgIpc) is 3.05. The van der Waals surface area contributed by atoms with E-state index in [-0.39, 0.29) is 61.6 Å². The molecule has 2 aromatic heterocycles. The zero-order valence-electron chi connectivity index (χ0n) is 31.5. The number of hydrogen-bond acceptors (Lipinski definition) is 16. The van der Waals surface area contributed by atoms with Crippen molar-refractivity contribution in [1.82, 2.24) is 9.13 Å². The minimum absolute atomic E-state index is 0. The number of rotatable bonds is 10. The predicted octanol–water partition coefficient (Wildman–Crippen LogP) is 5.25. The summed E-state index contributed by atoms with van der Waals surface area (Å²) in [5, 5.41) is 35.9. The van der Waals surface area contributed by atoms with Gasteiger partial charge in [0.2, 0.25) is 0 Å². The van der Waals surface area contributed by atoms with Crippen LogP contribution >= 0.6 is 0 Å². The molecule has 2 heterocycles. The lowest BCUT2D eigenvalue weighted by molar-refractivity contribution is 0.403. The molecule has 0 aliphatic heterocycles. The van der Waals surface area contributed by atoms with Crippen LogP contribution < -0.4 is 11.1 Å². The first kappa shape index (κ1) is 49.6. The number of aromatic hydroxyl groups is 2. The van der Waals surface area contributed by atoms with Crippen molar-refractivity contribution in [3.63, 3.8) is 0 Å². The zero-order chi connectivity index (χ0) is 40.3. The SMILES string of the molecule is CCn1c(O)c(CS(=O)(=O)[O-])c(C)c(N=Nc2ccccc2)c1=O.CCn1c(O)c(CS(=O)(=O)[O-])c(C)c(N=Nc2ccccc2)c1=O.CS(C)(=O)=O.[CH3+].[CH3+]. The summed E-state index contributed by atoms with van der Waals surface area (Å²) in [7, 11) is -11.9. The smallest absolute Gasteiger partial charge is 0.281 e. The lowest BCUT2D eigenvalue weighted by Crippen LogP contribution is -2.22. The lowest BCUT2D eigenvalue weighted by atomic mass is 10.1. The summed E-state index contributed by atoms with van der Waals surface area (Å²) in [5.41, 5.74) is -0.506. The molecule has 18 nitrogen and oxygen atoms in total. The fourth-order valence-corrected chi connectivity index (χ4v) is 5.84. The molecule has 2 aromatic carbocycles. The van der Waals surface area contributed by atoms with Crippen LogP contribution in [0.15, 0.2) is 90.7 Å². The van der Waals surface area contributed by atoms with E-state index in [9.17, 15) is 54.2 Å². The van der Waals surface area contributed by atoms with Crippen molar-refractivity contribution in [2.45, 2.75) is 52.3 Å². The molecule has 0 amide bonds. The van der Waals surface area contributed by atoms with E-state index in [0.717, 1.165) is 21.6 Å². The van der Waals surface area contributed by atoms with Crippen LogP contribution in [-0.2, 0) is 54.7 Å². The summed E-state index contributed by atoms with van der Waals surface area (Å²) in [5.74, 6) is -2.95. The molecular formula is C34H44N6O12S3. The maximum atomic E-state index is 12.4. The Hall–Kier alpha value is -5.35. The highest BCUT2D eigenvalue weighted by molar-refractivity contribution is 7.89. The monoisotopic (exact) mass is 824 g/mol. The van der Waals surface area contributed by atoms with Crippen LogP contribution in [0.3, 0.4) is 0 Å². The molecule has 55 heavy (non-hydrogen) atoms. The molecule has 0 spiro atoms. The van der Waals surface area contributed by atoms with Crippen molar-refractivity contribution in [2.75, 3.05) is 12.5 Å². The Morgan fingerprint density at radius 1 is 0.582 bits per heavy atom. The van der Waals surface area contributed by atoms with Crippen molar-refractivity contribution in [1.29, 1.82) is 0 Å². The van der Waals surface area contributed by atoms with Crippen LogP contribution in [0.2, 0.25) is 0 Å². The molecule has 0 aliphatic rings. The average molecular weight is 825 g/mol. The predicted molar refractivity (Wildman–Crippen MR) is 207 cm³/mol. The lowest BCUT2D eigenvalue weighted by Gasteiger charge is -2.16. The number of pyridine rings is 2. The van der Waals surface area contributed by atoms with Crippen molar-refractivity contribution >= 4 is 52.8 Å². The highest BCUT2D eigenvalue weighted by Crippen LogP contribution is 2.30. The van der Waals surface area contributed by atoms with E-state index >= 15 is 0 Å². The number of sulfone groups is 1. The van der Waals surface area contributed by atoms with Gasteiger partial charge in [0.15, 0.2) is 23.1 Å². The molecule has 0 radical (unpaired) electrons. The second-order valence-electron chi connectivity index (χ2n) is 11.3. The number of benzene rings is 2. The number of aromatic nitrogens is 2. The minimum Gasteiger partial charge on any atom is -0.748 e. The molecule has 0 fully saturated rings. The van der Waals surface area contributed by atoms with Crippen molar-refractivity contribution in [3.8, 4) is 11.8 Å². The summed E-state index contributed by atoms with van der Waals surface area (Å²) in [6.45, 7) is 6.21. The van der Waals surface area contributed by atoms with Crippen LogP contribution in [0.25, 0.3) is 0 Å². The topological polar surface area (TPSA) is 282 Å². The van der Waals surface area contributed by atoms with Crippen LogP contribution in [0.5, 0.6) is 11.8 Å². The van der Waals surface area contributed by atoms with E-state index in [1.807, 2.05) is 0 Å². The van der Waals surface area contributed by atoms with Gasteiger partial charge in [-0.3, -0.25) is 18.7 Å². The van der Waals surface area contributed by atoms with Gasteiger partial charge in [-0.25, -0.2) is 25.3 Å². The van der Waals surface area contributed by atoms with Gasteiger partial charge < -0.3 is 19.3 Å². The molecule has 0 aliphatic carbocycles. The molecular weight excluding hydrogens is 781 g/mol. The highest BCUT2D eigenvalue weighted by Gasteiger charge is 2.21. The fraction of sp³-hybridized carbons (Fsp3) is 0.294. The van der Waals surface area contributed by atoms with E-state index in [2.05, 4.69) is 20.5 Å². The van der Waals surface area contributed by atoms with Crippen LogP contribution in [0.4, 0.5) is 22.7 Å². The van der Waals surface area contributed by atoms with Crippen LogP contribution in [0.1, 0.15) is 36.1 Å². The van der Waals surface area contributed by atoms with Gasteiger partial charge in [0.1, 0.15) is 9.84 Å². The minimum atomic E-state index is -4.64. The van der Waals surface area contributed by atoms with Crippen LogP contribution in [-0.4, -0.2) is 66.2 Å². The van der Waals surface area contributed by atoms with E-state index in [0.29, 0.717) is 11.4 Å². The highest BCUT2D eigenvalue weighted by atomic mass is 32.2. The molecule has 0 saturated carbocycles. The molecule has 0 unspecified atom stereocenters. The Bertz CT molecular complexity index is 2270. The third-order valence-electron chi connectivity index (χ3n) is 6.88. The van der Waals surface area contributed by atoms with Crippen molar-refractivity contribution in [3.05, 3.63) is 118 Å². The first-order valence-corrected chi connectivity index (χ1v) is 20.8. The molecule has 2 N–H and O–H groups in total. The van der Waals surface area contributed by atoms with Gasteiger partial charge >= 0.3 is 0 Å². The molecule has 4 aromatic rings. The van der Waals surface area contributed by atoms with E-state index in [1.165, 1.54) is 13.8 Å². The second kappa shape index (κ2) is 20.9. The quantitative estimate of drug-likeness (QED) is 0.118. The van der Waals surface area contributed by atoms with E-state index < -0.39 is 64.5 Å². The number of nitrogens with zero attached hydrogens (tertiary/aromatic N) is 6. The summed E-state index contributed by atoms with van der Waals surface area (Å²) in [6, 6.07) is 17.3. The first-order valence-electron chi connectivity index (χ1n) is 15.3. The largest absolute Gasteiger partial charge is 0.748 e. The van der Waals surface area contributed by atoms with E-state index in [1.54, 1.807) is 74.5 Å². The third-order valence-corrected chi connectivity index (χ3v) is 8.16. The molecule has 4 rings (SSSR count). The Kier molecular flexibility index (Phi) is 18.9. The zero-order valence-corrected chi connectivity index (χ0v) is 33.9. The fourth-order valence-electron chi connectivity index (χ4n) is 4.44. The Balaban J connectivity index is 0.000000914. The van der Waals surface area contributed by atoms with Crippen molar-refractivity contribution < 1.29 is 44.6 Å². The summed E-state index contributed by atoms with van der Waals surface area (Å²) in [6.07, 6.45) is 2.32. The maximum Gasteiger partial charge on any atom is 0.281 e. The Morgan fingerprint density at radius 3 is 1.09 bits per heavy atom. The first-order chi connectivity index (χ1) is 24.5. The summed E-state index contributed by atoms with van der Waals surface area (Å²) in [4.78, 5) is 24.8. The molecule has 0 bridgehead atoms. The van der Waals surface area contributed by atoms with Gasteiger partial charge in [0.25, 0.3) is 11.1 Å². The van der Waals surface area contributed by atoms with Gasteiger partial charge in [0, 0.05) is 51.6 Å². The molecule has 0 saturated heterocycles. The van der Waals surface area contributed by atoms with Gasteiger partial charge in [-0.1, -0.05) is 36.4 Å². The molecule has 300 valence electrons. The standard InChI is InChI=1S/2C15H17N3O5S.C2H6O2S.2CH3/c2*1-3-18-14(19)12(9-24(21,22)23)10(2)13(15(18)20)17-16-11-7-5-4-6-8-11;1-5(2,3)4;;/h2*4-8,19H,3,9H2,1-2H3,(H,21,22,23);1-2H3;2*1H3/q;;;2*+1/p-2. The van der Waals surface area contributed by atoms with Crippen molar-refractivity contribution in [2.24, 2.45) is 20.5 Å². The normalized spacial score (nSPS) is 11.5. The van der Waals surface area contributed by atoms with Gasteiger partial charge in [-0.15, -0.1) is 10.2 Å². The number of azo groups is 2. The Labute approximate surface area is 321 Å². The number of hydrogen-bond donors (Lipinski definition) is 2. The Morgan fingerprint density at radius 2 is 0.855 bits per heavy atom. The summed E-state index contributed by atoms with van der Waals surface area (Å²) < 4.78 is 87.6. The molecule has 21 heteroatoms. The van der Waals surface area contributed by atoms with Gasteiger partial charge in [-0.05, 0) is 63.1 Å². The maximum absolute atomic E-state index is 12.4. The molecule has 0 atom stereocenters. The van der Waals surface area contributed by atoms with E-state index in [4.69, 9.17) is 0 Å². The third kappa shape index (κ3) is 15.5. The second-order valence-corrected chi connectivity index (χ2v) is 16.4. The van der Waals surface area contributed by atoms with Gasteiger partial charge in [0.05, 0.1) is 43.1 Å².